The van der Waals surface area contributed by atoms with Gasteiger partial charge in [-0.05, 0) is 24.8 Å². The van der Waals surface area contributed by atoms with Crippen LogP contribution in [0, 0.1) is 11.1 Å². The molecule has 0 spiro atoms. The molecule has 1 aliphatic rings. The normalized spacial score (nSPS) is 14.5. The first-order chi connectivity index (χ1) is 6.79. The maximum atomic E-state index is 10.5. The Morgan fingerprint density at radius 1 is 1.47 bits per heavy atom. The number of quaternary nitrogens is 1. The van der Waals surface area contributed by atoms with E-state index < -0.39 is 0 Å². The van der Waals surface area contributed by atoms with E-state index in [0.717, 1.165) is 5.48 Å². The van der Waals surface area contributed by atoms with E-state index in [9.17, 15) is 5.21 Å². The molecule has 1 aliphatic carbocycles. The molecular weight excluding hydrogens is 218 g/mol. The van der Waals surface area contributed by atoms with Gasteiger partial charge in [-0.25, -0.2) is 0 Å². The van der Waals surface area contributed by atoms with Crippen molar-refractivity contribution in [2.24, 2.45) is 5.92 Å². The van der Waals surface area contributed by atoms with E-state index in [2.05, 4.69) is 0 Å². The minimum absolute atomic E-state index is 0. The highest BCUT2D eigenvalue weighted by atomic mass is 35.5. The molecule has 1 aromatic rings. The molecule has 1 fully saturated rings. The molecule has 0 bridgehead atoms. The zero-order chi connectivity index (χ0) is 9.97. The first-order valence-electron chi connectivity index (χ1n) is 4.67. The van der Waals surface area contributed by atoms with E-state index in [1.54, 1.807) is 18.2 Å². The van der Waals surface area contributed by atoms with Gasteiger partial charge >= 0.3 is 0 Å². The smallest absolute Gasteiger partial charge is 0.143 e. The SMILES string of the molecule is O.[O-][NH2+]c1ccc(Cl)c(OCC2CC2)c1. The lowest BCUT2D eigenvalue weighted by Crippen LogP contribution is -2.70. The number of hydrogen-bond acceptors (Lipinski definition) is 2. The zero-order valence-electron chi connectivity index (χ0n) is 8.20. The number of ether oxygens (including phenoxy) is 1. The summed E-state index contributed by atoms with van der Waals surface area (Å²) in [6.45, 7) is 0.710. The van der Waals surface area contributed by atoms with Crippen LogP contribution in [0.2, 0.25) is 5.02 Å². The fourth-order valence-corrected chi connectivity index (χ4v) is 1.37. The van der Waals surface area contributed by atoms with Crippen LogP contribution in [-0.4, -0.2) is 12.1 Å². The molecule has 0 saturated heterocycles. The van der Waals surface area contributed by atoms with Gasteiger partial charge in [0.05, 0.1) is 11.6 Å². The maximum Gasteiger partial charge on any atom is 0.143 e. The topological polar surface area (TPSA) is 80.4 Å². The molecule has 4 nitrogen and oxygen atoms in total. The highest BCUT2D eigenvalue weighted by Crippen LogP contribution is 2.32. The fourth-order valence-electron chi connectivity index (χ4n) is 1.20. The monoisotopic (exact) mass is 231 g/mol. The zero-order valence-corrected chi connectivity index (χ0v) is 8.96. The van der Waals surface area contributed by atoms with E-state index in [0.29, 0.717) is 29.0 Å². The fraction of sp³-hybridized carbons (Fsp3) is 0.400. The Morgan fingerprint density at radius 2 is 2.20 bits per heavy atom. The van der Waals surface area contributed by atoms with Crippen LogP contribution in [0.25, 0.3) is 0 Å². The van der Waals surface area contributed by atoms with Gasteiger partial charge in [0.1, 0.15) is 11.4 Å². The van der Waals surface area contributed by atoms with Crippen molar-refractivity contribution in [3.8, 4) is 5.75 Å². The van der Waals surface area contributed by atoms with Gasteiger partial charge in [-0.2, -0.15) is 0 Å². The molecule has 0 radical (unpaired) electrons. The van der Waals surface area contributed by atoms with Crippen LogP contribution in [0.3, 0.4) is 0 Å². The van der Waals surface area contributed by atoms with Crippen LogP contribution in [0.4, 0.5) is 5.69 Å². The van der Waals surface area contributed by atoms with Crippen LogP contribution < -0.4 is 10.2 Å². The predicted molar refractivity (Wildman–Crippen MR) is 58.2 cm³/mol. The lowest BCUT2D eigenvalue weighted by molar-refractivity contribution is -0.497. The van der Waals surface area contributed by atoms with Crippen LogP contribution in [-0.2, 0) is 0 Å². The third-order valence-corrected chi connectivity index (χ3v) is 2.58. The Bertz CT molecular complexity index is 328. The van der Waals surface area contributed by atoms with Crippen LogP contribution >= 0.6 is 11.6 Å². The summed E-state index contributed by atoms with van der Waals surface area (Å²) in [4.78, 5) is 0. The molecular formula is C10H14ClNO3. The Balaban J connectivity index is 0.00000112. The summed E-state index contributed by atoms with van der Waals surface area (Å²) in [6, 6.07) is 5.05. The molecule has 4 N–H and O–H groups in total. The molecule has 1 aromatic carbocycles. The average molecular weight is 232 g/mol. The van der Waals surface area contributed by atoms with Gasteiger partial charge in [-0.1, -0.05) is 11.6 Å². The molecule has 1 saturated carbocycles. The van der Waals surface area contributed by atoms with Gasteiger partial charge in [0.15, 0.2) is 0 Å². The summed E-state index contributed by atoms with van der Waals surface area (Å²) >= 11 is 5.92. The lowest BCUT2D eigenvalue weighted by atomic mass is 10.3. The van der Waals surface area contributed by atoms with Gasteiger partial charge in [-0.15, -0.1) is 0 Å². The van der Waals surface area contributed by atoms with Gasteiger partial charge in [0, 0.05) is 12.1 Å². The van der Waals surface area contributed by atoms with E-state index in [4.69, 9.17) is 16.3 Å². The molecule has 0 aromatic heterocycles. The van der Waals surface area contributed by atoms with Gasteiger partial charge < -0.3 is 20.9 Å². The van der Waals surface area contributed by atoms with Crippen LogP contribution in [0.1, 0.15) is 12.8 Å². The summed E-state index contributed by atoms with van der Waals surface area (Å²) < 4.78 is 5.51. The van der Waals surface area contributed by atoms with E-state index in [1.807, 2.05) is 0 Å². The average Bonchev–Trinajstić information content (AvgIpc) is 3.00. The molecule has 15 heavy (non-hydrogen) atoms. The quantitative estimate of drug-likeness (QED) is 0.620. The second kappa shape index (κ2) is 5.32. The number of halogens is 1. The molecule has 0 amide bonds. The van der Waals surface area contributed by atoms with Crippen molar-refractivity contribution in [3.05, 3.63) is 28.4 Å². The second-order valence-corrected chi connectivity index (χ2v) is 3.97. The molecule has 0 heterocycles. The number of rotatable bonds is 4. The first kappa shape index (κ1) is 12.3. The lowest BCUT2D eigenvalue weighted by Gasteiger charge is -2.08. The van der Waals surface area contributed by atoms with Crippen molar-refractivity contribution in [2.45, 2.75) is 12.8 Å². The summed E-state index contributed by atoms with van der Waals surface area (Å²) in [6.07, 6.45) is 2.48. The largest absolute Gasteiger partial charge is 0.630 e. The van der Waals surface area contributed by atoms with Crippen LogP contribution in [0.15, 0.2) is 18.2 Å². The Hall–Kier alpha value is -0.810. The predicted octanol–water partition coefficient (Wildman–Crippen LogP) is 0.997. The van der Waals surface area contributed by atoms with Crippen molar-refractivity contribution in [1.82, 2.24) is 0 Å². The molecule has 0 aliphatic heterocycles. The number of benzene rings is 1. The molecule has 2 rings (SSSR count). The summed E-state index contributed by atoms with van der Waals surface area (Å²) in [5, 5.41) is 11.1. The highest BCUT2D eigenvalue weighted by Gasteiger charge is 2.22. The number of hydrogen-bond donors (Lipinski definition) is 1. The second-order valence-electron chi connectivity index (χ2n) is 3.56. The Kier molecular flexibility index (Phi) is 4.35. The van der Waals surface area contributed by atoms with E-state index >= 15 is 0 Å². The standard InChI is InChI=1S/C10H12ClNO2.H2O/c11-9-4-3-8(12-13)5-10(9)14-6-7-1-2-7;/h3-5,7H,1-2,6,12H2;1H2. The maximum absolute atomic E-state index is 10.5. The minimum Gasteiger partial charge on any atom is -0.630 e. The summed E-state index contributed by atoms with van der Waals surface area (Å²) in [5.74, 6) is 1.30. The highest BCUT2D eigenvalue weighted by molar-refractivity contribution is 6.32. The van der Waals surface area contributed by atoms with Crippen molar-refractivity contribution in [1.29, 1.82) is 0 Å². The molecule has 84 valence electrons. The Morgan fingerprint density at radius 3 is 2.80 bits per heavy atom. The van der Waals surface area contributed by atoms with E-state index in [-0.39, 0.29) is 5.48 Å². The van der Waals surface area contributed by atoms with Gasteiger partial charge in [0.25, 0.3) is 0 Å². The summed E-state index contributed by atoms with van der Waals surface area (Å²) in [7, 11) is 0. The molecule has 5 heteroatoms. The first-order valence-corrected chi connectivity index (χ1v) is 5.05. The van der Waals surface area contributed by atoms with Crippen molar-refractivity contribution in [2.75, 3.05) is 6.61 Å². The van der Waals surface area contributed by atoms with Gasteiger partial charge in [0.2, 0.25) is 0 Å². The van der Waals surface area contributed by atoms with Crippen molar-refractivity contribution >= 4 is 17.3 Å². The minimum atomic E-state index is 0. The van der Waals surface area contributed by atoms with E-state index in [1.165, 1.54) is 12.8 Å². The van der Waals surface area contributed by atoms with Crippen molar-refractivity contribution < 1.29 is 15.7 Å². The Labute approximate surface area is 93.1 Å². The van der Waals surface area contributed by atoms with Gasteiger partial charge in [-0.3, -0.25) is 0 Å². The molecule has 0 atom stereocenters. The third-order valence-electron chi connectivity index (χ3n) is 2.26. The van der Waals surface area contributed by atoms with Crippen LogP contribution in [0.5, 0.6) is 5.75 Å². The summed E-state index contributed by atoms with van der Waals surface area (Å²) in [5.41, 5.74) is 1.39. The van der Waals surface area contributed by atoms with Crippen molar-refractivity contribution in [3.63, 3.8) is 0 Å². The number of nitrogens with two attached hydrogens (primary N) is 1. The third kappa shape index (κ3) is 3.35. The molecule has 0 unspecified atom stereocenters.